The van der Waals surface area contributed by atoms with E-state index in [1.54, 1.807) is 0 Å². The Morgan fingerprint density at radius 2 is 1.08 bits per heavy atom. The maximum Gasteiger partial charge on any atom is 0.226 e. The minimum Gasteiger partial charge on any atom is -0.455 e. The Hall–Kier alpha value is -4.80. The zero-order valence-electron chi connectivity index (χ0n) is 20.2. The van der Waals surface area contributed by atoms with Crippen LogP contribution in [-0.2, 0) is 0 Å². The van der Waals surface area contributed by atoms with Crippen molar-refractivity contribution in [2.75, 3.05) is 0 Å². The molecule has 5 aromatic carbocycles. The van der Waals surface area contributed by atoms with Crippen LogP contribution in [0.1, 0.15) is 0 Å². The molecule has 0 aliphatic carbocycles. The van der Waals surface area contributed by atoms with Gasteiger partial charge in [0.1, 0.15) is 11.2 Å². The number of furan rings is 1. The van der Waals surface area contributed by atoms with Crippen LogP contribution in [0.15, 0.2) is 126 Å². The minimum atomic E-state index is 0.150. The van der Waals surface area contributed by atoms with E-state index >= 15 is 0 Å². The van der Waals surface area contributed by atoms with Crippen molar-refractivity contribution in [2.24, 2.45) is 0 Å². The third-order valence-corrected chi connectivity index (χ3v) is 6.83. The van der Waals surface area contributed by atoms with Gasteiger partial charge in [0.2, 0.25) is 5.28 Å². The second-order valence-corrected chi connectivity index (χ2v) is 9.40. The van der Waals surface area contributed by atoms with Crippen molar-refractivity contribution < 1.29 is 4.42 Å². The molecule has 38 heavy (non-hydrogen) atoms. The van der Waals surface area contributed by atoms with Crippen molar-refractivity contribution in [3.05, 3.63) is 127 Å². The number of hydrogen-bond acceptors (Lipinski definition) is 4. The first-order chi connectivity index (χ1) is 18.7. The van der Waals surface area contributed by atoms with Crippen molar-refractivity contribution in [3.63, 3.8) is 0 Å². The van der Waals surface area contributed by atoms with E-state index in [0.717, 1.165) is 55.3 Å². The standard InChI is InChI=1S/C33H20ClN3O/c34-33-36-31(23-14-8-3-9-15-23)35-32(37-33)24-16-17-26-28-19-25(21-10-4-1-5-11-21)18-27(22-12-6-2-7-13-22)30(28)38-29(26)20-24/h1-20H. The first kappa shape index (κ1) is 22.4. The van der Waals surface area contributed by atoms with Gasteiger partial charge < -0.3 is 4.42 Å². The van der Waals surface area contributed by atoms with E-state index < -0.39 is 0 Å². The number of fused-ring (bicyclic) bond motifs is 3. The van der Waals surface area contributed by atoms with E-state index in [-0.39, 0.29) is 5.28 Å². The molecular weight excluding hydrogens is 490 g/mol. The van der Waals surface area contributed by atoms with E-state index in [9.17, 15) is 0 Å². The summed E-state index contributed by atoms with van der Waals surface area (Å²) in [4.78, 5) is 13.4. The van der Waals surface area contributed by atoms with E-state index in [4.69, 9.17) is 21.0 Å². The summed E-state index contributed by atoms with van der Waals surface area (Å²) in [5, 5.41) is 2.24. The van der Waals surface area contributed by atoms with Crippen LogP contribution in [0.4, 0.5) is 0 Å². The maximum absolute atomic E-state index is 6.53. The lowest BCUT2D eigenvalue weighted by molar-refractivity contribution is 0.670. The molecule has 0 bridgehead atoms. The molecule has 5 heteroatoms. The van der Waals surface area contributed by atoms with Crippen molar-refractivity contribution in [2.45, 2.75) is 0 Å². The van der Waals surface area contributed by atoms with Gasteiger partial charge in [-0.25, -0.2) is 4.98 Å². The molecular formula is C33H20ClN3O. The summed E-state index contributed by atoms with van der Waals surface area (Å²) >= 11 is 6.31. The summed E-state index contributed by atoms with van der Waals surface area (Å²) in [7, 11) is 0. The van der Waals surface area contributed by atoms with E-state index in [1.807, 2.05) is 66.7 Å². The van der Waals surface area contributed by atoms with Gasteiger partial charge in [0.05, 0.1) is 0 Å². The molecule has 0 amide bonds. The summed E-state index contributed by atoms with van der Waals surface area (Å²) in [5.74, 6) is 1.03. The lowest BCUT2D eigenvalue weighted by atomic mass is 9.95. The minimum absolute atomic E-state index is 0.150. The molecule has 7 rings (SSSR count). The lowest BCUT2D eigenvalue weighted by Crippen LogP contribution is -1.97. The van der Waals surface area contributed by atoms with Crippen LogP contribution in [-0.4, -0.2) is 15.0 Å². The number of nitrogens with zero attached hydrogens (tertiary/aromatic N) is 3. The molecule has 0 spiro atoms. The highest BCUT2D eigenvalue weighted by molar-refractivity contribution is 6.28. The van der Waals surface area contributed by atoms with Crippen molar-refractivity contribution in [1.29, 1.82) is 0 Å². The third kappa shape index (κ3) is 4.01. The molecule has 0 N–H and O–H groups in total. The molecule has 0 saturated carbocycles. The number of halogens is 1. The fourth-order valence-corrected chi connectivity index (χ4v) is 5.00. The molecule has 0 aliphatic heterocycles. The van der Waals surface area contributed by atoms with Crippen LogP contribution < -0.4 is 0 Å². The van der Waals surface area contributed by atoms with Crippen LogP contribution >= 0.6 is 11.6 Å². The molecule has 0 radical (unpaired) electrons. The molecule has 2 heterocycles. The second kappa shape index (κ2) is 9.25. The van der Waals surface area contributed by atoms with Gasteiger partial charge in [-0.05, 0) is 52.6 Å². The van der Waals surface area contributed by atoms with Gasteiger partial charge in [0.25, 0.3) is 0 Å². The van der Waals surface area contributed by atoms with Gasteiger partial charge in [-0.2, -0.15) is 9.97 Å². The van der Waals surface area contributed by atoms with Crippen molar-refractivity contribution in [3.8, 4) is 45.0 Å². The summed E-state index contributed by atoms with van der Waals surface area (Å²) in [6, 6.07) is 41.0. The fraction of sp³-hybridized carbons (Fsp3) is 0. The lowest BCUT2D eigenvalue weighted by Gasteiger charge is -2.08. The Bertz CT molecular complexity index is 1920. The largest absolute Gasteiger partial charge is 0.455 e. The Kier molecular flexibility index (Phi) is 5.46. The van der Waals surface area contributed by atoms with E-state index in [1.165, 1.54) is 0 Å². The Balaban J connectivity index is 1.43. The highest BCUT2D eigenvalue weighted by Gasteiger charge is 2.17. The first-order valence-corrected chi connectivity index (χ1v) is 12.7. The number of benzene rings is 5. The first-order valence-electron chi connectivity index (χ1n) is 12.3. The summed E-state index contributed by atoms with van der Waals surface area (Å²) in [5.41, 5.74) is 7.75. The topological polar surface area (TPSA) is 51.8 Å². The van der Waals surface area contributed by atoms with E-state index in [2.05, 4.69) is 64.6 Å². The third-order valence-electron chi connectivity index (χ3n) is 6.66. The molecule has 0 aliphatic rings. The molecule has 2 aromatic heterocycles. The predicted octanol–water partition coefficient (Wildman–Crippen LogP) is 9.09. The quantitative estimate of drug-likeness (QED) is 0.237. The van der Waals surface area contributed by atoms with Crippen LogP contribution in [0.5, 0.6) is 0 Å². The van der Waals surface area contributed by atoms with Crippen molar-refractivity contribution in [1.82, 2.24) is 15.0 Å². The predicted molar refractivity (Wildman–Crippen MR) is 154 cm³/mol. The maximum atomic E-state index is 6.53. The normalized spacial score (nSPS) is 11.3. The van der Waals surface area contributed by atoms with Crippen molar-refractivity contribution >= 4 is 33.5 Å². The number of hydrogen-bond donors (Lipinski definition) is 0. The van der Waals surface area contributed by atoms with Crippen LogP contribution in [0, 0.1) is 0 Å². The number of rotatable bonds is 4. The fourth-order valence-electron chi connectivity index (χ4n) is 4.84. The second-order valence-electron chi connectivity index (χ2n) is 9.06. The zero-order valence-corrected chi connectivity index (χ0v) is 20.9. The van der Waals surface area contributed by atoms with Crippen LogP contribution in [0.2, 0.25) is 5.28 Å². The van der Waals surface area contributed by atoms with Crippen LogP contribution in [0.25, 0.3) is 67.0 Å². The van der Waals surface area contributed by atoms with Gasteiger partial charge in [-0.15, -0.1) is 0 Å². The molecule has 0 unspecified atom stereocenters. The molecule has 0 saturated heterocycles. The Labute approximate surface area is 224 Å². The van der Waals surface area contributed by atoms with Crippen LogP contribution in [0.3, 0.4) is 0 Å². The average molecular weight is 510 g/mol. The molecule has 0 atom stereocenters. The molecule has 7 aromatic rings. The molecule has 180 valence electrons. The summed E-state index contributed by atoms with van der Waals surface area (Å²) in [6.45, 7) is 0. The summed E-state index contributed by atoms with van der Waals surface area (Å²) < 4.78 is 6.53. The van der Waals surface area contributed by atoms with Gasteiger partial charge in [0, 0.05) is 27.5 Å². The number of aromatic nitrogens is 3. The Morgan fingerprint density at radius 3 is 1.76 bits per heavy atom. The highest BCUT2D eigenvalue weighted by Crippen LogP contribution is 2.40. The van der Waals surface area contributed by atoms with Gasteiger partial charge in [-0.1, -0.05) is 97.1 Å². The smallest absolute Gasteiger partial charge is 0.226 e. The monoisotopic (exact) mass is 509 g/mol. The summed E-state index contributed by atoms with van der Waals surface area (Å²) in [6.07, 6.45) is 0. The molecule has 4 nitrogen and oxygen atoms in total. The van der Waals surface area contributed by atoms with Gasteiger partial charge in [0.15, 0.2) is 11.6 Å². The van der Waals surface area contributed by atoms with Gasteiger partial charge >= 0.3 is 0 Å². The van der Waals surface area contributed by atoms with E-state index in [0.29, 0.717) is 11.6 Å². The Morgan fingerprint density at radius 1 is 0.474 bits per heavy atom. The van der Waals surface area contributed by atoms with Gasteiger partial charge in [-0.3, -0.25) is 0 Å². The highest BCUT2D eigenvalue weighted by atomic mass is 35.5. The molecule has 0 fully saturated rings. The zero-order chi connectivity index (χ0) is 25.5. The average Bonchev–Trinajstić information content (AvgIpc) is 3.35. The SMILES string of the molecule is Clc1nc(-c2ccccc2)nc(-c2ccc3c(c2)oc2c(-c4ccccc4)cc(-c4ccccc4)cc23)n1.